The summed E-state index contributed by atoms with van der Waals surface area (Å²) in [6.07, 6.45) is 2.23. The van der Waals surface area contributed by atoms with Crippen molar-refractivity contribution in [3.05, 3.63) is 41.4 Å². The number of aromatic nitrogens is 1. The molecule has 0 aliphatic carbocycles. The third-order valence-electron chi connectivity index (χ3n) is 4.78. The van der Waals surface area contributed by atoms with Crippen LogP contribution in [0.25, 0.3) is 0 Å². The lowest BCUT2D eigenvalue weighted by molar-refractivity contribution is 0.0788. The first-order valence-electron chi connectivity index (χ1n) is 8.61. The quantitative estimate of drug-likeness (QED) is 0.860. The van der Waals surface area contributed by atoms with Gasteiger partial charge in [-0.05, 0) is 25.0 Å². The van der Waals surface area contributed by atoms with Crippen LogP contribution in [0.3, 0.4) is 0 Å². The van der Waals surface area contributed by atoms with Crippen LogP contribution in [0.4, 0.5) is 10.8 Å². The second kappa shape index (κ2) is 6.81. The Labute approximate surface area is 146 Å². The first-order chi connectivity index (χ1) is 11.8. The van der Waals surface area contributed by atoms with E-state index in [-0.39, 0.29) is 5.91 Å². The molecule has 4 rings (SSSR count). The number of carbonyl (C=O) groups is 1. The Hall–Kier alpha value is -2.08. The molecule has 1 aromatic carbocycles. The van der Waals surface area contributed by atoms with E-state index < -0.39 is 0 Å². The van der Waals surface area contributed by atoms with E-state index >= 15 is 0 Å². The molecule has 0 unspecified atom stereocenters. The third-order valence-corrected chi connectivity index (χ3v) is 5.68. The van der Waals surface area contributed by atoms with Crippen LogP contribution in [0.2, 0.25) is 0 Å². The van der Waals surface area contributed by atoms with E-state index in [1.54, 1.807) is 11.3 Å². The van der Waals surface area contributed by atoms with Crippen LogP contribution < -0.4 is 9.80 Å². The molecule has 0 bridgehead atoms. The summed E-state index contributed by atoms with van der Waals surface area (Å²) in [6, 6.07) is 10.5. The predicted molar refractivity (Wildman–Crippen MR) is 98.1 cm³/mol. The maximum Gasteiger partial charge on any atom is 0.273 e. The van der Waals surface area contributed by atoms with E-state index in [1.807, 2.05) is 16.3 Å². The number of carbonyl (C=O) groups excluding carboxylic acids is 1. The van der Waals surface area contributed by atoms with Gasteiger partial charge in [0.15, 0.2) is 5.13 Å². The lowest BCUT2D eigenvalue weighted by atomic mass is 10.2. The minimum absolute atomic E-state index is 0.0953. The predicted octanol–water partition coefficient (Wildman–Crippen LogP) is 2.71. The van der Waals surface area contributed by atoms with Crippen LogP contribution in [0, 0.1) is 0 Å². The highest BCUT2D eigenvalue weighted by Crippen LogP contribution is 2.25. The van der Waals surface area contributed by atoms with Crippen molar-refractivity contribution in [2.75, 3.05) is 49.1 Å². The molecule has 2 saturated heterocycles. The van der Waals surface area contributed by atoms with E-state index in [0.29, 0.717) is 5.69 Å². The summed E-state index contributed by atoms with van der Waals surface area (Å²) in [5.74, 6) is 0.0953. The minimum atomic E-state index is 0.0953. The number of anilines is 2. The molecule has 6 heteroatoms. The largest absolute Gasteiger partial charge is 0.368 e. The van der Waals surface area contributed by atoms with Gasteiger partial charge in [-0.2, -0.15) is 0 Å². The Balaban J connectivity index is 1.38. The second-order valence-electron chi connectivity index (χ2n) is 6.32. The second-order valence-corrected chi connectivity index (χ2v) is 7.16. The summed E-state index contributed by atoms with van der Waals surface area (Å²) in [5.41, 5.74) is 1.89. The molecule has 2 aromatic rings. The third kappa shape index (κ3) is 3.11. The topological polar surface area (TPSA) is 39.7 Å². The highest BCUT2D eigenvalue weighted by Gasteiger charge is 2.24. The summed E-state index contributed by atoms with van der Waals surface area (Å²) < 4.78 is 0. The summed E-state index contributed by atoms with van der Waals surface area (Å²) in [7, 11) is 0. The zero-order valence-corrected chi connectivity index (χ0v) is 14.5. The van der Waals surface area contributed by atoms with Crippen molar-refractivity contribution in [2.45, 2.75) is 12.8 Å². The maximum atomic E-state index is 12.4. The van der Waals surface area contributed by atoms with Gasteiger partial charge in [0.05, 0.1) is 0 Å². The zero-order chi connectivity index (χ0) is 16.4. The van der Waals surface area contributed by atoms with Crippen LogP contribution in [-0.2, 0) is 0 Å². The van der Waals surface area contributed by atoms with Gasteiger partial charge in [-0.3, -0.25) is 4.79 Å². The standard InChI is InChI=1S/C18H22N4OS/c23-17(21-8-4-5-9-21)16-14-24-18(19-16)22-12-10-20(11-13-22)15-6-2-1-3-7-15/h1-3,6-7,14H,4-5,8-13H2. The summed E-state index contributed by atoms with van der Waals surface area (Å²) >= 11 is 1.59. The van der Waals surface area contributed by atoms with Gasteiger partial charge >= 0.3 is 0 Å². The summed E-state index contributed by atoms with van der Waals surface area (Å²) in [6.45, 7) is 5.61. The molecule has 1 amide bonds. The normalized spacial score (nSPS) is 18.2. The van der Waals surface area contributed by atoms with Crippen molar-refractivity contribution in [1.82, 2.24) is 9.88 Å². The number of hydrogen-bond donors (Lipinski definition) is 0. The Morgan fingerprint density at radius 1 is 0.917 bits per heavy atom. The number of amides is 1. The number of hydrogen-bond acceptors (Lipinski definition) is 5. The van der Waals surface area contributed by atoms with Crippen LogP contribution >= 0.6 is 11.3 Å². The molecule has 2 aliphatic heterocycles. The van der Waals surface area contributed by atoms with E-state index in [9.17, 15) is 4.79 Å². The lowest BCUT2D eigenvalue weighted by Crippen LogP contribution is -2.46. The van der Waals surface area contributed by atoms with Crippen molar-refractivity contribution < 1.29 is 4.79 Å². The molecule has 0 saturated carbocycles. The Morgan fingerprint density at radius 2 is 1.58 bits per heavy atom. The van der Waals surface area contributed by atoms with Gasteiger partial charge in [-0.1, -0.05) is 18.2 Å². The molecule has 3 heterocycles. The average molecular weight is 342 g/mol. The Bertz CT molecular complexity index is 688. The van der Waals surface area contributed by atoms with Gasteiger partial charge in [-0.25, -0.2) is 4.98 Å². The highest BCUT2D eigenvalue weighted by atomic mass is 32.1. The molecular weight excluding hydrogens is 320 g/mol. The van der Waals surface area contributed by atoms with Gasteiger partial charge in [0.25, 0.3) is 5.91 Å². The van der Waals surface area contributed by atoms with Crippen molar-refractivity contribution in [3.63, 3.8) is 0 Å². The Kier molecular flexibility index (Phi) is 4.38. The molecular formula is C18H22N4OS. The van der Waals surface area contributed by atoms with Crippen molar-refractivity contribution in [2.24, 2.45) is 0 Å². The number of thiazole rings is 1. The molecule has 5 nitrogen and oxygen atoms in total. The van der Waals surface area contributed by atoms with Gasteiger partial charge in [0, 0.05) is 50.3 Å². The number of rotatable bonds is 3. The van der Waals surface area contributed by atoms with Gasteiger partial charge in [0.1, 0.15) is 5.69 Å². The fraction of sp³-hybridized carbons (Fsp3) is 0.444. The fourth-order valence-electron chi connectivity index (χ4n) is 3.38. The van der Waals surface area contributed by atoms with Gasteiger partial charge in [0.2, 0.25) is 0 Å². The fourth-order valence-corrected chi connectivity index (χ4v) is 4.24. The van der Waals surface area contributed by atoms with Gasteiger partial charge < -0.3 is 14.7 Å². The molecule has 2 aliphatic rings. The molecule has 0 N–H and O–H groups in total. The smallest absolute Gasteiger partial charge is 0.273 e. The monoisotopic (exact) mass is 342 g/mol. The lowest BCUT2D eigenvalue weighted by Gasteiger charge is -2.36. The highest BCUT2D eigenvalue weighted by molar-refractivity contribution is 7.13. The molecule has 0 atom stereocenters. The molecule has 24 heavy (non-hydrogen) atoms. The van der Waals surface area contributed by atoms with E-state index in [1.165, 1.54) is 5.69 Å². The first kappa shape index (κ1) is 15.4. The first-order valence-corrected chi connectivity index (χ1v) is 9.49. The van der Waals surface area contributed by atoms with Crippen LogP contribution in [0.5, 0.6) is 0 Å². The summed E-state index contributed by atoms with van der Waals surface area (Å²) in [5, 5.41) is 2.89. The average Bonchev–Trinajstić information content (AvgIpc) is 3.34. The maximum absolute atomic E-state index is 12.4. The number of likely N-dealkylation sites (tertiary alicyclic amines) is 1. The molecule has 2 fully saturated rings. The molecule has 0 radical (unpaired) electrons. The SMILES string of the molecule is O=C(c1csc(N2CCN(c3ccccc3)CC2)n1)N1CCCC1. The van der Waals surface area contributed by atoms with E-state index in [0.717, 1.165) is 57.2 Å². The van der Waals surface area contributed by atoms with Crippen molar-refractivity contribution >= 4 is 28.1 Å². The van der Waals surface area contributed by atoms with Crippen LogP contribution in [-0.4, -0.2) is 55.1 Å². The van der Waals surface area contributed by atoms with Crippen molar-refractivity contribution in [3.8, 4) is 0 Å². The summed E-state index contributed by atoms with van der Waals surface area (Å²) in [4.78, 5) is 23.7. The Morgan fingerprint density at radius 3 is 2.29 bits per heavy atom. The van der Waals surface area contributed by atoms with E-state index in [2.05, 4.69) is 39.0 Å². The van der Waals surface area contributed by atoms with Gasteiger partial charge in [-0.15, -0.1) is 11.3 Å². The number of benzene rings is 1. The van der Waals surface area contributed by atoms with Crippen LogP contribution in [0.1, 0.15) is 23.3 Å². The number of para-hydroxylation sites is 1. The number of piperazine rings is 1. The van der Waals surface area contributed by atoms with E-state index in [4.69, 9.17) is 0 Å². The van der Waals surface area contributed by atoms with Crippen LogP contribution in [0.15, 0.2) is 35.7 Å². The zero-order valence-electron chi connectivity index (χ0n) is 13.7. The number of nitrogens with zero attached hydrogens (tertiary/aromatic N) is 4. The van der Waals surface area contributed by atoms with Crippen molar-refractivity contribution in [1.29, 1.82) is 0 Å². The molecule has 0 spiro atoms. The molecule has 126 valence electrons. The molecule has 1 aromatic heterocycles. The minimum Gasteiger partial charge on any atom is -0.368 e.